The van der Waals surface area contributed by atoms with Crippen molar-refractivity contribution in [1.29, 1.82) is 0 Å². The predicted octanol–water partition coefficient (Wildman–Crippen LogP) is 2.23. The highest BCUT2D eigenvalue weighted by Gasteiger charge is 2.30. The molecule has 1 aromatic rings. The lowest BCUT2D eigenvalue weighted by molar-refractivity contribution is 0.0920. The summed E-state index contributed by atoms with van der Waals surface area (Å²) >= 11 is 3.01. The highest BCUT2D eigenvalue weighted by Crippen LogP contribution is 2.19. The van der Waals surface area contributed by atoms with E-state index in [-0.39, 0.29) is 15.9 Å². The summed E-state index contributed by atoms with van der Waals surface area (Å²) in [6.45, 7) is 3.35. The fourth-order valence-corrected chi connectivity index (χ4v) is 1.81. The van der Waals surface area contributed by atoms with Gasteiger partial charge in [0.05, 0.1) is 15.6 Å². The van der Waals surface area contributed by atoms with Crippen LogP contribution in [0.4, 0.5) is 4.39 Å². The smallest absolute Gasteiger partial charge is 0.255 e. The van der Waals surface area contributed by atoms with Crippen molar-refractivity contribution >= 4 is 27.7 Å². The maximum atomic E-state index is 13.8. The molecule has 1 rings (SSSR count). The molecular formula is C12H15BrFN3O2. The average Bonchev–Trinajstić information content (AvgIpc) is 2.40. The van der Waals surface area contributed by atoms with Gasteiger partial charge in [0.1, 0.15) is 5.82 Å². The van der Waals surface area contributed by atoms with Crippen LogP contribution in [0.5, 0.6) is 0 Å². The number of carbonyl (C=O) groups is 1. The zero-order valence-electron chi connectivity index (χ0n) is 10.6. The molecule has 0 heterocycles. The average molecular weight is 332 g/mol. The van der Waals surface area contributed by atoms with Gasteiger partial charge >= 0.3 is 0 Å². The quantitative estimate of drug-likeness (QED) is 0.342. The molecule has 0 bridgehead atoms. The lowest BCUT2D eigenvalue weighted by atomic mass is 9.97. The molecular weight excluding hydrogens is 317 g/mol. The van der Waals surface area contributed by atoms with Crippen LogP contribution in [-0.2, 0) is 0 Å². The zero-order valence-corrected chi connectivity index (χ0v) is 12.2. The maximum Gasteiger partial charge on any atom is 0.255 e. The van der Waals surface area contributed by atoms with Crippen molar-refractivity contribution < 1.29 is 14.4 Å². The summed E-state index contributed by atoms with van der Waals surface area (Å²) in [5.41, 5.74) is 4.39. The summed E-state index contributed by atoms with van der Waals surface area (Å²) < 4.78 is 14.0. The summed E-state index contributed by atoms with van der Waals surface area (Å²) in [6, 6.07) is 4.40. The standard InChI is InChI=1S/C12H15BrFN3O2/c1-3-12(2,11(15)17-19)16-10(18)7-5-4-6-8(13)9(7)14/h4-6,19H,3H2,1-2H3,(H2,15,17)(H,16,18). The van der Waals surface area contributed by atoms with Gasteiger partial charge < -0.3 is 16.3 Å². The van der Waals surface area contributed by atoms with E-state index in [4.69, 9.17) is 10.9 Å². The van der Waals surface area contributed by atoms with Gasteiger partial charge in [-0.05, 0) is 41.4 Å². The van der Waals surface area contributed by atoms with Gasteiger partial charge in [-0.1, -0.05) is 18.1 Å². The number of hydrogen-bond acceptors (Lipinski definition) is 3. The van der Waals surface area contributed by atoms with Crippen LogP contribution in [-0.4, -0.2) is 22.5 Å². The van der Waals surface area contributed by atoms with Crippen LogP contribution in [0.2, 0.25) is 0 Å². The van der Waals surface area contributed by atoms with E-state index in [2.05, 4.69) is 26.4 Å². The van der Waals surface area contributed by atoms with Gasteiger partial charge in [0, 0.05) is 0 Å². The Labute approximate surface area is 118 Å². The van der Waals surface area contributed by atoms with E-state index in [0.29, 0.717) is 6.42 Å². The number of nitrogens with two attached hydrogens (primary N) is 1. The molecule has 4 N–H and O–H groups in total. The molecule has 7 heteroatoms. The number of oxime groups is 1. The van der Waals surface area contributed by atoms with Gasteiger partial charge in [0.25, 0.3) is 5.91 Å². The molecule has 1 amide bonds. The number of nitrogens with zero attached hydrogens (tertiary/aromatic N) is 1. The zero-order chi connectivity index (χ0) is 14.6. The van der Waals surface area contributed by atoms with Crippen molar-refractivity contribution in [2.45, 2.75) is 25.8 Å². The molecule has 1 aromatic carbocycles. The molecule has 1 unspecified atom stereocenters. The predicted molar refractivity (Wildman–Crippen MR) is 73.7 cm³/mol. The van der Waals surface area contributed by atoms with Crippen molar-refractivity contribution in [2.75, 3.05) is 0 Å². The molecule has 0 aromatic heterocycles. The Morgan fingerprint density at radius 1 is 1.63 bits per heavy atom. The van der Waals surface area contributed by atoms with Crippen molar-refractivity contribution in [3.63, 3.8) is 0 Å². The number of nitrogens with one attached hydrogen (secondary N) is 1. The summed E-state index contributed by atoms with van der Waals surface area (Å²) in [6.07, 6.45) is 0.393. The number of hydrogen-bond donors (Lipinski definition) is 3. The molecule has 0 spiro atoms. The Hall–Kier alpha value is -1.63. The van der Waals surface area contributed by atoms with E-state index in [1.807, 2.05) is 0 Å². The molecule has 0 aliphatic carbocycles. The molecule has 19 heavy (non-hydrogen) atoms. The van der Waals surface area contributed by atoms with Crippen molar-refractivity contribution in [1.82, 2.24) is 5.32 Å². The molecule has 104 valence electrons. The number of rotatable bonds is 4. The van der Waals surface area contributed by atoms with Crippen LogP contribution in [0.15, 0.2) is 27.8 Å². The third-order valence-corrected chi connectivity index (χ3v) is 3.58. The summed E-state index contributed by atoms with van der Waals surface area (Å²) in [5, 5.41) is 14.2. The monoisotopic (exact) mass is 331 g/mol. The highest BCUT2D eigenvalue weighted by molar-refractivity contribution is 9.10. The molecule has 0 aliphatic rings. The van der Waals surface area contributed by atoms with Crippen molar-refractivity contribution in [3.8, 4) is 0 Å². The van der Waals surface area contributed by atoms with Gasteiger partial charge in [-0.3, -0.25) is 4.79 Å². The summed E-state index contributed by atoms with van der Waals surface area (Å²) in [5.74, 6) is -1.42. The Bertz CT molecular complexity index is 522. The molecule has 0 aliphatic heterocycles. The summed E-state index contributed by atoms with van der Waals surface area (Å²) in [7, 11) is 0. The Kier molecular flexibility index (Phi) is 4.88. The SMILES string of the molecule is CCC(C)(NC(=O)c1cccc(Br)c1F)/C(N)=N/O. The maximum absolute atomic E-state index is 13.8. The minimum Gasteiger partial charge on any atom is -0.409 e. The normalized spacial score (nSPS) is 14.8. The van der Waals surface area contributed by atoms with Gasteiger partial charge in [-0.2, -0.15) is 0 Å². The third kappa shape index (κ3) is 3.23. The third-order valence-electron chi connectivity index (χ3n) is 2.97. The van der Waals surface area contributed by atoms with Crippen LogP contribution in [0, 0.1) is 5.82 Å². The second-order valence-corrected chi connectivity index (χ2v) is 5.08. The number of amides is 1. The van der Waals surface area contributed by atoms with E-state index in [0.717, 1.165) is 0 Å². The van der Waals surface area contributed by atoms with E-state index in [9.17, 15) is 9.18 Å². The summed E-state index contributed by atoms with van der Waals surface area (Å²) in [4.78, 5) is 12.0. The van der Waals surface area contributed by atoms with Crippen LogP contribution < -0.4 is 11.1 Å². The minimum atomic E-state index is -1.04. The van der Waals surface area contributed by atoms with Gasteiger partial charge in [-0.25, -0.2) is 4.39 Å². The van der Waals surface area contributed by atoms with E-state index < -0.39 is 17.3 Å². The van der Waals surface area contributed by atoms with Gasteiger partial charge in [-0.15, -0.1) is 0 Å². The number of carbonyl (C=O) groups excluding carboxylic acids is 1. The van der Waals surface area contributed by atoms with Gasteiger partial charge in [0.2, 0.25) is 0 Å². The first-order valence-electron chi connectivity index (χ1n) is 5.60. The molecule has 5 nitrogen and oxygen atoms in total. The van der Waals surface area contributed by atoms with Crippen LogP contribution in [0.1, 0.15) is 30.6 Å². The number of benzene rings is 1. The molecule has 1 atom stereocenters. The van der Waals surface area contributed by atoms with Crippen LogP contribution in [0.25, 0.3) is 0 Å². The van der Waals surface area contributed by atoms with Crippen LogP contribution in [0.3, 0.4) is 0 Å². The van der Waals surface area contributed by atoms with Crippen molar-refractivity contribution in [2.24, 2.45) is 10.9 Å². The highest BCUT2D eigenvalue weighted by atomic mass is 79.9. The topological polar surface area (TPSA) is 87.7 Å². The number of halogens is 2. The Balaban J connectivity index is 3.05. The number of amidine groups is 1. The molecule has 0 fully saturated rings. The lowest BCUT2D eigenvalue weighted by Crippen LogP contribution is -2.55. The Morgan fingerprint density at radius 3 is 2.79 bits per heavy atom. The van der Waals surface area contributed by atoms with Crippen molar-refractivity contribution in [3.05, 3.63) is 34.1 Å². The first-order chi connectivity index (χ1) is 8.85. The first-order valence-corrected chi connectivity index (χ1v) is 6.39. The fourth-order valence-electron chi connectivity index (χ4n) is 1.44. The van der Waals surface area contributed by atoms with E-state index in [1.165, 1.54) is 12.1 Å². The fraction of sp³-hybridized carbons (Fsp3) is 0.333. The molecule has 0 radical (unpaired) electrons. The second kappa shape index (κ2) is 6.01. The second-order valence-electron chi connectivity index (χ2n) is 4.23. The lowest BCUT2D eigenvalue weighted by Gasteiger charge is -2.28. The molecule has 0 saturated heterocycles. The Morgan fingerprint density at radius 2 is 2.26 bits per heavy atom. The van der Waals surface area contributed by atoms with E-state index in [1.54, 1.807) is 19.9 Å². The first kappa shape index (κ1) is 15.4. The van der Waals surface area contributed by atoms with Crippen LogP contribution >= 0.6 is 15.9 Å². The molecule has 0 saturated carbocycles. The van der Waals surface area contributed by atoms with E-state index >= 15 is 0 Å². The minimum absolute atomic E-state index is 0.111. The van der Waals surface area contributed by atoms with Gasteiger partial charge in [0.15, 0.2) is 5.84 Å². The largest absolute Gasteiger partial charge is 0.409 e.